The monoisotopic (exact) mass is 205 g/mol. The third-order valence-corrected chi connectivity index (χ3v) is 1.96. The van der Waals surface area contributed by atoms with E-state index >= 15 is 0 Å². The highest BCUT2D eigenvalue weighted by atomic mass is 32.1. The predicted octanol–water partition coefficient (Wildman–Crippen LogP) is 1.50. The van der Waals surface area contributed by atoms with Crippen LogP contribution in [0.25, 0.3) is 10.9 Å². The summed E-state index contributed by atoms with van der Waals surface area (Å²) >= 11 is 1.35. The van der Waals surface area contributed by atoms with E-state index in [4.69, 9.17) is 0 Å². The highest BCUT2D eigenvalue weighted by Gasteiger charge is 1.89. The van der Waals surface area contributed by atoms with Crippen LogP contribution >= 0.6 is 11.5 Å². The lowest BCUT2D eigenvalue weighted by Gasteiger charge is -1.80. The Labute approximate surface area is 84.0 Å². The van der Waals surface area contributed by atoms with Gasteiger partial charge in [0.25, 0.3) is 0 Å². The molecule has 3 aromatic rings. The molecule has 0 radical (unpaired) electrons. The largest absolute Gasteiger partial charge is 0.278 e. The number of H-pyrrole nitrogens is 1. The highest BCUT2D eigenvalue weighted by molar-refractivity contribution is 7.03. The minimum atomic E-state index is 1.03. The predicted molar refractivity (Wildman–Crippen MR) is 53.8 cm³/mol. The molecular formula is C8H7N5S. The van der Waals surface area contributed by atoms with Gasteiger partial charge in [-0.05, 0) is 17.6 Å². The van der Waals surface area contributed by atoms with Gasteiger partial charge < -0.3 is 0 Å². The third-order valence-electron chi connectivity index (χ3n) is 1.52. The summed E-state index contributed by atoms with van der Waals surface area (Å²) in [6, 6.07) is 1.89. The number of pyridine rings is 1. The van der Waals surface area contributed by atoms with Crippen molar-refractivity contribution in [3.05, 3.63) is 36.2 Å². The zero-order chi connectivity index (χ0) is 9.64. The van der Waals surface area contributed by atoms with E-state index in [0.29, 0.717) is 0 Å². The molecule has 0 atom stereocenters. The maximum Gasteiger partial charge on any atom is 0.0681 e. The Morgan fingerprint density at radius 3 is 2.86 bits per heavy atom. The van der Waals surface area contributed by atoms with Crippen LogP contribution in [0.15, 0.2) is 36.2 Å². The number of nitrogens with one attached hydrogen (secondary N) is 1. The number of nitrogens with zero attached hydrogens (tertiary/aromatic N) is 4. The second kappa shape index (κ2) is 4.43. The van der Waals surface area contributed by atoms with Gasteiger partial charge in [-0.25, -0.2) is 0 Å². The van der Waals surface area contributed by atoms with Crippen molar-refractivity contribution >= 4 is 22.4 Å². The molecule has 0 saturated carbocycles. The Morgan fingerprint density at radius 2 is 2.21 bits per heavy atom. The van der Waals surface area contributed by atoms with Crippen LogP contribution < -0.4 is 0 Å². The molecule has 14 heavy (non-hydrogen) atoms. The van der Waals surface area contributed by atoms with E-state index in [2.05, 4.69) is 24.8 Å². The molecule has 0 aliphatic rings. The molecule has 0 aromatic carbocycles. The van der Waals surface area contributed by atoms with Gasteiger partial charge >= 0.3 is 0 Å². The first-order valence-corrected chi connectivity index (χ1v) is 4.74. The van der Waals surface area contributed by atoms with Gasteiger partial charge in [0.2, 0.25) is 0 Å². The fourth-order valence-corrected chi connectivity index (χ4v) is 1.19. The van der Waals surface area contributed by atoms with Crippen LogP contribution in [0.1, 0.15) is 0 Å². The molecule has 0 fully saturated rings. The molecule has 6 heteroatoms. The highest BCUT2D eigenvalue weighted by Crippen LogP contribution is 2.04. The molecule has 0 amide bonds. The van der Waals surface area contributed by atoms with Crippen molar-refractivity contribution in [1.82, 2.24) is 24.8 Å². The normalized spacial score (nSPS) is 9.43. The van der Waals surface area contributed by atoms with Crippen LogP contribution in [0, 0.1) is 0 Å². The summed E-state index contributed by atoms with van der Waals surface area (Å²) in [6.07, 6.45) is 6.92. The van der Waals surface area contributed by atoms with E-state index < -0.39 is 0 Å². The van der Waals surface area contributed by atoms with Crippen LogP contribution in [-0.2, 0) is 0 Å². The van der Waals surface area contributed by atoms with Gasteiger partial charge in [0.15, 0.2) is 0 Å². The zero-order valence-corrected chi connectivity index (χ0v) is 7.98. The number of hydrogen-bond acceptors (Lipinski definition) is 5. The number of aromatic amines is 1. The lowest BCUT2D eigenvalue weighted by Crippen LogP contribution is -1.68. The van der Waals surface area contributed by atoms with Gasteiger partial charge in [-0.1, -0.05) is 4.49 Å². The van der Waals surface area contributed by atoms with Crippen LogP contribution in [0.5, 0.6) is 0 Å². The molecule has 70 valence electrons. The molecule has 1 N–H and O–H groups in total. The van der Waals surface area contributed by atoms with E-state index in [1.807, 2.05) is 11.4 Å². The molecular weight excluding hydrogens is 198 g/mol. The SMILES string of the molecule is c1cc2[nH]ncc2cn1.c1csnn1. The van der Waals surface area contributed by atoms with Gasteiger partial charge in [-0.2, -0.15) is 5.10 Å². The first-order valence-electron chi connectivity index (χ1n) is 3.91. The third kappa shape index (κ3) is 2.11. The summed E-state index contributed by atoms with van der Waals surface area (Å²) < 4.78 is 3.51. The van der Waals surface area contributed by atoms with Gasteiger partial charge in [-0.3, -0.25) is 10.1 Å². The standard InChI is InChI=1S/C6H5N3.C2H2N2S/c1-2-7-3-5-4-8-9-6(1)5;1-2-5-4-3-1/h1-4H,(H,8,9);1-2H. The Balaban J connectivity index is 0.000000128. The van der Waals surface area contributed by atoms with Gasteiger partial charge in [0.1, 0.15) is 0 Å². The van der Waals surface area contributed by atoms with Crippen LogP contribution in [0.2, 0.25) is 0 Å². The van der Waals surface area contributed by atoms with Crippen molar-refractivity contribution in [1.29, 1.82) is 0 Å². The van der Waals surface area contributed by atoms with Crippen molar-refractivity contribution in [3.8, 4) is 0 Å². The van der Waals surface area contributed by atoms with E-state index in [1.165, 1.54) is 11.5 Å². The molecule has 0 spiro atoms. The molecule has 3 aromatic heterocycles. The Hall–Kier alpha value is -1.82. The maximum atomic E-state index is 3.93. The lowest BCUT2D eigenvalue weighted by atomic mass is 10.3. The van der Waals surface area contributed by atoms with Gasteiger partial charge in [0.05, 0.1) is 17.9 Å². The Morgan fingerprint density at radius 1 is 1.21 bits per heavy atom. The average Bonchev–Trinajstić information content (AvgIpc) is 2.92. The summed E-state index contributed by atoms with van der Waals surface area (Å²) in [6.45, 7) is 0. The fourth-order valence-electron chi connectivity index (χ4n) is 0.919. The minimum Gasteiger partial charge on any atom is -0.278 e. The van der Waals surface area contributed by atoms with Crippen molar-refractivity contribution < 1.29 is 0 Å². The quantitative estimate of drug-likeness (QED) is 0.603. The summed E-state index contributed by atoms with van der Waals surface area (Å²) in [5.74, 6) is 0. The van der Waals surface area contributed by atoms with Crippen LogP contribution in [0.3, 0.4) is 0 Å². The van der Waals surface area contributed by atoms with Crippen LogP contribution in [-0.4, -0.2) is 24.8 Å². The Bertz CT molecular complexity index is 428. The van der Waals surface area contributed by atoms with E-state index in [-0.39, 0.29) is 0 Å². The molecule has 0 aliphatic heterocycles. The van der Waals surface area contributed by atoms with Crippen molar-refractivity contribution in [2.24, 2.45) is 0 Å². The van der Waals surface area contributed by atoms with Crippen molar-refractivity contribution in [2.75, 3.05) is 0 Å². The van der Waals surface area contributed by atoms with E-state index in [9.17, 15) is 0 Å². The summed E-state index contributed by atoms with van der Waals surface area (Å²) in [5, 5.41) is 13.0. The second-order valence-corrected chi connectivity index (χ2v) is 3.07. The van der Waals surface area contributed by atoms with E-state index in [1.54, 1.807) is 24.8 Å². The lowest BCUT2D eigenvalue weighted by molar-refractivity contribution is 1.12. The van der Waals surface area contributed by atoms with Gasteiger partial charge in [-0.15, -0.1) is 5.10 Å². The smallest absolute Gasteiger partial charge is 0.0681 e. The molecule has 0 aliphatic carbocycles. The molecule has 3 rings (SSSR count). The number of fused-ring (bicyclic) bond motifs is 1. The molecule has 0 bridgehead atoms. The Kier molecular flexibility index (Phi) is 2.77. The first kappa shape index (κ1) is 8.76. The summed E-state index contributed by atoms with van der Waals surface area (Å²) in [5.41, 5.74) is 1.03. The van der Waals surface area contributed by atoms with Crippen molar-refractivity contribution in [2.45, 2.75) is 0 Å². The number of rotatable bonds is 0. The second-order valence-electron chi connectivity index (χ2n) is 2.42. The topological polar surface area (TPSA) is 67.3 Å². The zero-order valence-electron chi connectivity index (χ0n) is 7.16. The molecule has 0 unspecified atom stereocenters. The first-order chi connectivity index (χ1) is 6.97. The summed E-state index contributed by atoms with van der Waals surface area (Å²) in [7, 11) is 0. The van der Waals surface area contributed by atoms with E-state index in [0.717, 1.165) is 10.9 Å². The molecule has 3 heterocycles. The minimum absolute atomic E-state index is 1.03. The number of aromatic nitrogens is 5. The fraction of sp³-hybridized carbons (Fsp3) is 0. The van der Waals surface area contributed by atoms with Crippen molar-refractivity contribution in [3.63, 3.8) is 0 Å². The maximum absolute atomic E-state index is 3.93. The molecule has 5 nitrogen and oxygen atoms in total. The molecule has 0 saturated heterocycles. The summed E-state index contributed by atoms with van der Waals surface area (Å²) in [4.78, 5) is 3.93. The number of hydrogen-bond donors (Lipinski definition) is 1. The van der Waals surface area contributed by atoms with Crippen LogP contribution in [0.4, 0.5) is 0 Å². The van der Waals surface area contributed by atoms with Gasteiger partial charge in [0, 0.05) is 23.2 Å². The average molecular weight is 205 g/mol.